The van der Waals surface area contributed by atoms with Crippen LogP contribution in [0.25, 0.3) is 10.2 Å². The van der Waals surface area contributed by atoms with Crippen LogP contribution in [0.3, 0.4) is 0 Å². The molecule has 0 saturated carbocycles. The molecule has 9 heteroatoms. The number of aromatic nitrogens is 2. The third kappa shape index (κ3) is 4.09. The van der Waals surface area contributed by atoms with E-state index in [9.17, 15) is 14.4 Å². The molecule has 8 nitrogen and oxygen atoms in total. The van der Waals surface area contributed by atoms with E-state index >= 15 is 0 Å². The van der Waals surface area contributed by atoms with Crippen LogP contribution in [-0.4, -0.2) is 29.0 Å². The molecule has 1 aliphatic carbocycles. The highest BCUT2D eigenvalue weighted by molar-refractivity contribution is 7.18. The van der Waals surface area contributed by atoms with Crippen LogP contribution in [0.4, 0.5) is 0 Å². The highest BCUT2D eigenvalue weighted by Gasteiger charge is 2.20. The van der Waals surface area contributed by atoms with E-state index in [2.05, 4.69) is 14.7 Å². The monoisotopic (exact) mass is 416 g/mol. The number of esters is 2. The summed E-state index contributed by atoms with van der Waals surface area (Å²) in [5.74, 6) is -0.176. The van der Waals surface area contributed by atoms with Crippen molar-refractivity contribution in [3.8, 4) is 0 Å². The molecule has 0 spiro atoms. The van der Waals surface area contributed by atoms with Gasteiger partial charge in [-0.3, -0.25) is 9.59 Å². The maximum atomic E-state index is 12.5. The first kappa shape index (κ1) is 19.4. The molecule has 1 aliphatic rings. The average molecular weight is 416 g/mol. The SMILES string of the molecule is COC(=O)c1ccc(COC(=O)CCc2nc3sc4c(c3c(=O)[nH]2)CCCC4)o1. The maximum Gasteiger partial charge on any atom is 0.373 e. The Labute approximate surface area is 169 Å². The molecule has 152 valence electrons. The number of aryl methyl sites for hydroxylation is 3. The molecule has 3 aromatic rings. The summed E-state index contributed by atoms with van der Waals surface area (Å²) in [6.45, 7) is -0.0868. The second-order valence-electron chi connectivity index (χ2n) is 6.82. The van der Waals surface area contributed by atoms with E-state index in [0.29, 0.717) is 17.0 Å². The van der Waals surface area contributed by atoms with Crippen LogP contribution in [0.5, 0.6) is 0 Å². The molecule has 0 amide bonds. The number of aromatic amines is 1. The van der Waals surface area contributed by atoms with Gasteiger partial charge in [-0.05, 0) is 43.4 Å². The zero-order chi connectivity index (χ0) is 20.4. The van der Waals surface area contributed by atoms with E-state index in [1.807, 2.05) is 0 Å². The Morgan fingerprint density at radius 2 is 2.10 bits per heavy atom. The number of methoxy groups -OCH3 is 1. The van der Waals surface area contributed by atoms with Crippen molar-refractivity contribution in [2.24, 2.45) is 0 Å². The van der Waals surface area contributed by atoms with Gasteiger partial charge in [0.05, 0.1) is 18.9 Å². The predicted octanol–water partition coefficient (Wildman–Crippen LogP) is 2.92. The van der Waals surface area contributed by atoms with Gasteiger partial charge in [0.2, 0.25) is 5.76 Å². The van der Waals surface area contributed by atoms with Crippen molar-refractivity contribution in [3.63, 3.8) is 0 Å². The fourth-order valence-corrected chi connectivity index (χ4v) is 4.72. The van der Waals surface area contributed by atoms with Gasteiger partial charge in [0.15, 0.2) is 0 Å². The van der Waals surface area contributed by atoms with Gasteiger partial charge in [-0.15, -0.1) is 11.3 Å². The standard InChI is InChI=1S/C20H20N2O6S/c1-26-20(25)13-7-6-11(28-13)10-27-16(23)9-8-15-21-18(24)17-12-4-2-3-5-14(12)29-19(17)22-15/h6-7H,2-5,8-10H2,1H3,(H,21,22,24). The van der Waals surface area contributed by atoms with Gasteiger partial charge in [0, 0.05) is 11.3 Å². The van der Waals surface area contributed by atoms with Crippen molar-refractivity contribution in [2.75, 3.05) is 7.11 Å². The Hall–Kier alpha value is -2.94. The van der Waals surface area contributed by atoms with Gasteiger partial charge in [0.25, 0.3) is 5.56 Å². The van der Waals surface area contributed by atoms with Crippen molar-refractivity contribution in [1.82, 2.24) is 9.97 Å². The lowest BCUT2D eigenvalue weighted by molar-refractivity contribution is -0.145. The van der Waals surface area contributed by atoms with Gasteiger partial charge in [-0.25, -0.2) is 9.78 Å². The normalized spacial score (nSPS) is 13.3. The molecule has 3 heterocycles. The van der Waals surface area contributed by atoms with Crippen LogP contribution in [-0.2, 0) is 40.1 Å². The molecular formula is C20H20N2O6S. The van der Waals surface area contributed by atoms with Crippen molar-refractivity contribution in [3.05, 3.63) is 50.3 Å². The van der Waals surface area contributed by atoms with Crippen LogP contribution in [0.15, 0.2) is 21.3 Å². The molecular weight excluding hydrogens is 396 g/mol. The number of fused-ring (bicyclic) bond motifs is 3. The zero-order valence-electron chi connectivity index (χ0n) is 15.9. The van der Waals surface area contributed by atoms with E-state index in [-0.39, 0.29) is 30.8 Å². The fourth-order valence-electron chi connectivity index (χ4n) is 3.44. The number of carbonyl (C=O) groups is 2. The number of nitrogens with zero attached hydrogens (tertiary/aromatic N) is 1. The summed E-state index contributed by atoms with van der Waals surface area (Å²) in [6.07, 6.45) is 4.52. The van der Waals surface area contributed by atoms with E-state index in [4.69, 9.17) is 9.15 Å². The number of H-pyrrole nitrogens is 1. The fraction of sp³-hybridized carbons (Fsp3) is 0.400. The second kappa shape index (κ2) is 8.20. The van der Waals surface area contributed by atoms with E-state index in [1.165, 1.54) is 18.1 Å². The van der Waals surface area contributed by atoms with Crippen molar-refractivity contribution >= 4 is 33.5 Å². The minimum Gasteiger partial charge on any atom is -0.463 e. The van der Waals surface area contributed by atoms with Gasteiger partial charge < -0.3 is 18.9 Å². The van der Waals surface area contributed by atoms with Gasteiger partial charge in [-0.2, -0.15) is 0 Å². The largest absolute Gasteiger partial charge is 0.463 e. The highest BCUT2D eigenvalue weighted by Crippen LogP contribution is 2.33. The minimum atomic E-state index is -0.594. The number of rotatable bonds is 6. The summed E-state index contributed by atoms with van der Waals surface area (Å²) in [6, 6.07) is 3.00. The molecule has 4 rings (SSSR count). The number of hydrogen-bond acceptors (Lipinski definition) is 8. The molecule has 0 fully saturated rings. The Morgan fingerprint density at radius 3 is 2.93 bits per heavy atom. The zero-order valence-corrected chi connectivity index (χ0v) is 16.7. The topological polar surface area (TPSA) is 111 Å². The molecule has 0 aromatic carbocycles. The first-order valence-corrected chi connectivity index (χ1v) is 10.2. The average Bonchev–Trinajstić information content (AvgIpc) is 3.34. The summed E-state index contributed by atoms with van der Waals surface area (Å²) in [5.41, 5.74) is 1.00. The first-order chi connectivity index (χ1) is 14.0. The second-order valence-corrected chi connectivity index (χ2v) is 7.91. The molecule has 1 N–H and O–H groups in total. The lowest BCUT2D eigenvalue weighted by Crippen LogP contribution is -2.14. The predicted molar refractivity (Wildman–Crippen MR) is 105 cm³/mol. The Bertz CT molecular complexity index is 1130. The minimum absolute atomic E-state index is 0.0484. The van der Waals surface area contributed by atoms with Crippen molar-refractivity contribution < 1.29 is 23.5 Å². The van der Waals surface area contributed by atoms with Gasteiger partial charge in [-0.1, -0.05) is 0 Å². The summed E-state index contributed by atoms with van der Waals surface area (Å²) in [5, 5.41) is 0.704. The van der Waals surface area contributed by atoms with Crippen LogP contribution >= 0.6 is 11.3 Å². The number of furan rings is 1. The molecule has 0 saturated heterocycles. The Kier molecular flexibility index (Phi) is 5.48. The number of nitrogens with one attached hydrogen (secondary N) is 1. The molecule has 29 heavy (non-hydrogen) atoms. The van der Waals surface area contributed by atoms with Gasteiger partial charge in [0.1, 0.15) is 23.0 Å². The lowest BCUT2D eigenvalue weighted by Gasteiger charge is -2.09. The van der Waals surface area contributed by atoms with E-state index < -0.39 is 11.9 Å². The molecule has 0 atom stereocenters. The Morgan fingerprint density at radius 1 is 1.28 bits per heavy atom. The number of carbonyl (C=O) groups excluding carboxylic acids is 2. The van der Waals surface area contributed by atoms with E-state index in [0.717, 1.165) is 36.1 Å². The Balaban J connectivity index is 1.36. The highest BCUT2D eigenvalue weighted by atomic mass is 32.1. The van der Waals surface area contributed by atoms with Crippen LogP contribution in [0, 0.1) is 0 Å². The molecule has 3 aromatic heterocycles. The van der Waals surface area contributed by atoms with E-state index in [1.54, 1.807) is 17.4 Å². The maximum absolute atomic E-state index is 12.5. The summed E-state index contributed by atoms with van der Waals surface area (Å²) < 4.78 is 15.0. The van der Waals surface area contributed by atoms with Crippen LogP contribution < -0.4 is 5.56 Å². The lowest BCUT2D eigenvalue weighted by atomic mass is 9.97. The van der Waals surface area contributed by atoms with Gasteiger partial charge >= 0.3 is 11.9 Å². The molecule has 0 radical (unpaired) electrons. The first-order valence-electron chi connectivity index (χ1n) is 9.41. The third-order valence-corrected chi connectivity index (χ3v) is 6.05. The molecule has 0 unspecified atom stereocenters. The van der Waals surface area contributed by atoms with Crippen molar-refractivity contribution in [1.29, 1.82) is 0 Å². The molecule has 0 bridgehead atoms. The van der Waals surface area contributed by atoms with Crippen LogP contribution in [0.1, 0.15) is 51.8 Å². The number of hydrogen-bond donors (Lipinski definition) is 1. The molecule has 0 aliphatic heterocycles. The van der Waals surface area contributed by atoms with Crippen molar-refractivity contribution in [2.45, 2.75) is 45.1 Å². The number of thiophene rings is 1. The summed E-state index contributed by atoms with van der Waals surface area (Å²) >= 11 is 1.58. The van der Waals surface area contributed by atoms with Crippen LogP contribution in [0.2, 0.25) is 0 Å². The summed E-state index contributed by atoms with van der Waals surface area (Å²) in [4.78, 5) is 45.2. The number of ether oxygens (including phenoxy) is 2. The summed E-state index contributed by atoms with van der Waals surface area (Å²) in [7, 11) is 1.26. The smallest absolute Gasteiger partial charge is 0.373 e. The quantitative estimate of drug-likeness (QED) is 0.615. The third-order valence-electron chi connectivity index (χ3n) is 4.86.